The first kappa shape index (κ1) is 25.3. The van der Waals surface area contributed by atoms with Gasteiger partial charge >= 0.3 is 12.1 Å². The second kappa shape index (κ2) is 10.2. The maximum atomic E-state index is 13.9. The molecule has 6 rings (SSSR count). The first-order valence-corrected chi connectivity index (χ1v) is 13.6. The van der Waals surface area contributed by atoms with E-state index in [-0.39, 0.29) is 12.1 Å². The number of carbonyl (C=O) groups excluding carboxylic acids is 1. The predicted octanol–water partition coefficient (Wildman–Crippen LogP) is 6.69. The van der Waals surface area contributed by atoms with E-state index in [4.69, 9.17) is 4.74 Å². The quantitative estimate of drug-likeness (QED) is 0.251. The summed E-state index contributed by atoms with van der Waals surface area (Å²) in [5.41, 5.74) is 0.651. The Morgan fingerprint density at radius 1 is 0.944 bits per heavy atom. The lowest BCUT2D eigenvalue weighted by atomic mass is 9.74. The molecule has 0 unspecified atom stereocenters. The minimum absolute atomic E-state index is 0.0645. The highest BCUT2D eigenvalue weighted by molar-refractivity contribution is 5.83. The fourth-order valence-electron chi connectivity index (χ4n) is 6.89. The number of quaternary nitrogens is 1. The number of nitrogens with zero attached hydrogens (tertiary/aromatic N) is 1. The van der Waals surface area contributed by atoms with Crippen LogP contribution in [0, 0.1) is 5.92 Å². The summed E-state index contributed by atoms with van der Waals surface area (Å²) in [4.78, 5) is 13.9. The van der Waals surface area contributed by atoms with Gasteiger partial charge in [-0.15, -0.1) is 0 Å². The number of halogens is 3. The number of carbonyl (C=O) groups is 1. The Morgan fingerprint density at radius 2 is 1.64 bits per heavy atom. The summed E-state index contributed by atoms with van der Waals surface area (Å²) in [6.45, 7) is 3.59. The van der Waals surface area contributed by atoms with E-state index in [2.05, 4.69) is 12.1 Å². The van der Waals surface area contributed by atoms with Gasteiger partial charge in [-0.2, -0.15) is 13.2 Å². The molecule has 0 amide bonds. The lowest BCUT2D eigenvalue weighted by Crippen LogP contribution is -2.65. The molecule has 2 aromatic carbocycles. The number of hydrogen-bond acceptors (Lipinski definition) is 2. The molecule has 3 nitrogen and oxygen atoms in total. The molecule has 2 aromatic rings. The van der Waals surface area contributed by atoms with E-state index in [1.165, 1.54) is 12.1 Å². The molecule has 6 heteroatoms. The molecule has 3 saturated heterocycles. The van der Waals surface area contributed by atoms with E-state index >= 15 is 0 Å². The first-order chi connectivity index (χ1) is 17.3. The molecule has 1 atom stereocenters. The van der Waals surface area contributed by atoms with Crippen LogP contribution in [0.3, 0.4) is 0 Å². The molecule has 194 valence electrons. The summed E-state index contributed by atoms with van der Waals surface area (Å²) in [6, 6.07) is 15.9. The normalized spacial score (nSPS) is 27.9. The van der Waals surface area contributed by atoms with Gasteiger partial charge in [0.2, 0.25) is 0 Å². The van der Waals surface area contributed by atoms with Gasteiger partial charge in [0.1, 0.15) is 6.54 Å². The Hall–Kier alpha value is -2.34. The van der Waals surface area contributed by atoms with Crippen molar-refractivity contribution < 1.29 is 27.2 Å². The number of alkyl halides is 3. The third-order valence-electron chi connectivity index (χ3n) is 9.10. The highest BCUT2D eigenvalue weighted by Gasteiger charge is 2.50. The summed E-state index contributed by atoms with van der Waals surface area (Å²) in [5, 5.41) is 0. The number of fused-ring (bicyclic) bond motifs is 3. The van der Waals surface area contributed by atoms with Crippen LogP contribution in [0.5, 0.6) is 0 Å². The van der Waals surface area contributed by atoms with Gasteiger partial charge in [-0.1, -0.05) is 74.2 Å². The lowest BCUT2D eigenvalue weighted by molar-refractivity contribution is -0.946. The van der Waals surface area contributed by atoms with E-state index in [0.717, 1.165) is 99.2 Å². The largest absolute Gasteiger partial charge is 0.455 e. The van der Waals surface area contributed by atoms with E-state index in [0.29, 0.717) is 12.3 Å². The molecular weight excluding hydrogens is 463 g/mol. The van der Waals surface area contributed by atoms with E-state index < -0.39 is 17.2 Å². The molecule has 36 heavy (non-hydrogen) atoms. The van der Waals surface area contributed by atoms with Crippen molar-refractivity contribution in [3.8, 4) is 0 Å². The molecule has 0 aromatic heterocycles. The summed E-state index contributed by atoms with van der Waals surface area (Å²) in [7, 11) is 0. The first-order valence-electron chi connectivity index (χ1n) is 13.6. The topological polar surface area (TPSA) is 26.3 Å². The van der Waals surface area contributed by atoms with Crippen LogP contribution in [0.25, 0.3) is 0 Å². The van der Waals surface area contributed by atoms with Crippen LogP contribution < -0.4 is 0 Å². The molecule has 0 radical (unpaired) electrons. The van der Waals surface area contributed by atoms with Crippen LogP contribution in [0.2, 0.25) is 0 Å². The third kappa shape index (κ3) is 5.20. The fraction of sp³-hybridized carbons (Fsp3) is 0.567. The average Bonchev–Trinajstić information content (AvgIpc) is 3.16. The van der Waals surface area contributed by atoms with Crippen LogP contribution >= 0.6 is 0 Å². The van der Waals surface area contributed by atoms with E-state index in [9.17, 15) is 18.0 Å². The second-order valence-electron chi connectivity index (χ2n) is 11.3. The molecule has 4 fully saturated rings. The van der Waals surface area contributed by atoms with Gasteiger partial charge in [-0.3, -0.25) is 4.79 Å². The van der Waals surface area contributed by atoms with Gasteiger partial charge in [-0.05, 0) is 30.0 Å². The van der Waals surface area contributed by atoms with Gasteiger partial charge < -0.3 is 9.22 Å². The zero-order valence-electron chi connectivity index (χ0n) is 20.9. The molecule has 1 aliphatic carbocycles. The van der Waals surface area contributed by atoms with Crippen molar-refractivity contribution in [3.05, 3.63) is 71.3 Å². The van der Waals surface area contributed by atoms with E-state index in [1.807, 2.05) is 18.2 Å². The van der Waals surface area contributed by atoms with Crippen molar-refractivity contribution in [1.82, 2.24) is 0 Å². The zero-order valence-corrected chi connectivity index (χ0v) is 20.9. The zero-order chi connectivity index (χ0) is 25.2. The minimum atomic E-state index is -4.32. The van der Waals surface area contributed by atoms with Gasteiger partial charge in [0.15, 0.2) is 6.10 Å². The average molecular weight is 501 g/mol. The van der Waals surface area contributed by atoms with Crippen molar-refractivity contribution in [2.45, 2.75) is 75.5 Å². The van der Waals surface area contributed by atoms with Crippen molar-refractivity contribution >= 4 is 5.97 Å². The minimum Gasteiger partial charge on any atom is -0.455 e. The van der Waals surface area contributed by atoms with Gasteiger partial charge in [0.25, 0.3) is 0 Å². The van der Waals surface area contributed by atoms with E-state index in [1.54, 1.807) is 6.07 Å². The third-order valence-corrected chi connectivity index (χ3v) is 9.10. The van der Waals surface area contributed by atoms with Gasteiger partial charge in [0.05, 0.1) is 30.6 Å². The highest BCUT2D eigenvalue weighted by atomic mass is 19.4. The molecule has 4 aliphatic rings. The number of rotatable bonds is 6. The number of hydrogen-bond donors (Lipinski definition) is 0. The smallest absolute Gasteiger partial charge is 0.416 e. The monoisotopic (exact) mass is 500 g/mol. The highest BCUT2D eigenvalue weighted by Crippen LogP contribution is 2.42. The van der Waals surface area contributed by atoms with Crippen LogP contribution in [0.4, 0.5) is 13.2 Å². The summed E-state index contributed by atoms with van der Waals surface area (Å²) in [5.74, 6) is 0.325. The van der Waals surface area contributed by atoms with Crippen LogP contribution in [-0.2, 0) is 27.5 Å². The second-order valence-corrected chi connectivity index (χ2v) is 11.3. The van der Waals surface area contributed by atoms with Crippen LogP contribution in [-0.4, -0.2) is 42.7 Å². The van der Waals surface area contributed by atoms with Crippen molar-refractivity contribution in [2.75, 3.05) is 26.2 Å². The van der Waals surface area contributed by atoms with Crippen LogP contribution in [0.1, 0.15) is 68.1 Å². The lowest BCUT2D eigenvalue weighted by Gasteiger charge is -2.52. The Kier molecular flexibility index (Phi) is 7.17. The Balaban J connectivity index is 1.30. The summed E-state index contributed by atoms with van der Waals surface area (Å²) in [6.07, 6.45) is 4.26. The molecule has 1 saturated carbocycles. The van der Waals surface area contributed by atoms with Crippen molar-refractivity contribution in [2.24, 2.45) is 5.92 Å². The fourth-order valence-corrected chi connectivity index (χ4v) is 6.89. The van der Waals surface area contributed by atoms with Gasteiger partial charge in [0, 0.05) is 25.2 Å². The standard InChI is InChI=1S/C30H37F3NO2/c31-30(32,33)26-12-8-9-23(21-26)13-18-34-19-14-24(15-20-34)27(22-34)36-28(35)29(16-6-1-2-7-17-29)25-10-4-3-5-11-25/h3-5,8-12,21,24,27H,1-2,6-7,13-20,22H2/q+1/t24?,27-,34?/m0/s1. The number of piperidine rings is 3. The van der Waals surface area contributed by atoms with Crippen molar-refractivity contribution in [3.63, 3.8) is 0 Å². The van der Waals surface area contributed by atoms with Crippen LogP contribution in [0.15, 0.2) is 54.6 Å². The number of ether oxygens (including phenoxy) is 1. The molecule has 3 aliphatic heterocycles. The predicted molar refractivity (Wildman–Crippen MR) is 133 cm³/mol. The Bertz CT molecular complexity index is 1040. The molecule has 0 N–H and O–H groups in total. The Morgan fingerprint density at radius 3 is 2.31 bits per heavy atom. The summed E-state index contributed by atoms with van der Waals surface area (Å²) >= 11 is 0. The maximum Gasteiger partial charge on any atom is 0.416 e. The van der Waals surface area contributed by atoms with Gasteiger partial charge in [-0.25, -0.2) is 0 Å². The molecule has 3 heterocycles. The summed E-state index contributed by atoms with van der Waals surface area (Å²) < 4.78 is 46.7. The molecular formula is C30H37F3NO2+. The molecule has 2 bridgehead atoms. The number of esters is 1. The maximum absolute atomic E-state index is 13.9. The SMILES string of the molecule is O=C(O[C@H]1C[N+]2(CCc3cccc(C(F)(F)F)c3)CCC1CC2)C1(c2ccccc2)CCCCCC1. The molecule has 0 spiro atoms. The Labute approximate surface area is 212 Å². The van der Waals surface area contributed by atoms with Crippen molar-refractivity contribution in [1.29, 1.82) is 0 Å². The number of benzene rings is 2.